The van der Waals surface area contributed by atoms with Gasteiger partial charge in [-0.15, -0.1) is 0 Å². The van der Waals surface area contributed by atoms with Gasteiger partial charge in [0, 0.05) is 17.8 Å². The van der Waals surface area contributed by atoms with Crippen molar-refractivity contribution in [3.63, 3.8) is 0 Å². The van der Waals surface area contributed by atoms with E-state index >= 15 is 0 Å². The fraction of sp³-hybridized carbons (Fsp3) is 0.188. The molecule has 21 heavy (non-hydrogen) atoms. The molecule has 0 atom stereocenters. The third kappa shape index (κ3) is 4.14. The molecule has 0 unspecified atom stereocenters. The van der Waals surface area contributed by atoms with Gasteiger partial charge in [-0.1, -0.05) is 0 Å². The quantitative estimate of drug-likeness (QED) is 0.687. The number of hydrogen-bond donors (Lipinski definition) is 1. The van der Waals surface area contributed by atoms with E-state index in [0.717, 1.165) is 5.56 Å². The zero-order valence-corrected chi connectivity index (χ0v) is 12.0. The summed E-state index contributed by atoms with van der Waals surface area (Å²) in [5.74, 6) is -0.530. The van der Waals surface area contributed by atoms with E-state index in [2.05, 4.69) is 10.1 Å². The predicted molar refractivity (Wildman–Crippen MR) is 77.8 cm³/mol. The molecule has 2 rings (SSSR count). The Kier molecular flexibility index (Phi) is 4.66. The number of ether oxygens (including phenoxy) is 1. The van der Waals surface area contributed by atoms with Crippen LogP contribution in [0.5, 0.6) is 0 Å². The number of aryl methyl sites for hydroxylation is 1. The first-order valence-corrected chi connectivity index (χ1v) is 6.52. The van der Waals surface area contributed by atoms with Gasteiger partial charge in [0.05, 0.1) is 12.7 Å². The van der Waals surface area contributed by atoms with Gasteiger partial charge in [-0.2, -0.15) is 4.57 Å². The van der Waals surface area contributed by atoms with Gasteiger partial charge in [0.1, 0.15) is 0 Å². The van der Waals surface area contributed by atoms with Gasteiger partial charge < -0.3 is 10.1 Å². The number of nitrogens with zero attached hydrogens (tertiary/aromatic N) is 1. The SMILES string of the molecule is COC(=O)c1ccc(NC(=O)C[n+]2ccc(C)cc2)cc1. The third-order valence-electron chi connectivity index (χ3n) is 2.97. The van der Waals surface area contributed by atoms with Crippen molar-refractivity contribution in [3.8, 4) is 0 Å². The Bertz CT molecular complexity index is 634. The van der Waals surface area contributed by atoms with Gasteiger partial charge in [0.15, 0.2) is 12.4 Å². The molecule has 0 aliphatic rings. The van der Waals surface area contributed by atoms with Crippen molar-refractivity contribution >= 4 is 17.6 Å². The molecule has 5 nitrogen and oxygen atoms in total. The summed E-state index contributed by atoms with van der Waals surface area (Å²) < 4.78 is 6.41. The fourth-order valence-corrected chi connectivity index (χ4v) is 1.81. The number of rotatable bonds is 4. The van der Waals surface area contributed by atoms with E-state index in [1.165, 1.54) is 7.11 Å². The monoisotopic (exact) mass is 285 g/mol. The number of nitrogens with one attached hydrogen (secondary N) is 1. The number of anilines is 1. The zero-order chi connectivity index (χ0) is 15.2. The van der Waals surface area contributed by atoms with Crippen molar-refractivity contribution in [2.45, 2.75) is 13.5 Å². The smallest absolute Gasteiger partial charge is 0.337 e. The minimum Gasteiger partial charge on any atom is -0.465 e. The Morgan fingerprint density at radius 2 is 1.71 bits per heavy atom. The Morgan fingerprint density at radius 3 is 2.29 bits per heavy atom. The molecule has 1 amide bonds. The summed E-state index contributed by atoms with van der Waals surface area (Å²) in [5, 5.41) is 2.78. The normalized spacial score (nSPS) is 10.0. The molecule has 1 aromatic carbocycles. The van der Waals surface area contributed by atoms with E-state index in [4.69, 9.17) is 0 Å². The van der Waals surface area contributed by atoms with Crippen molar-refractivity contribution in [1.29, 1.82) is 0 Å². The number of pyridine rings is 1. The molecule has 1 N–H and O–H groups in total. The molecule has 0 spiro atoms. The predicted octanol–water partition coefficient (Wildman–Crippen LogP) is 1.71. The highest BCUT2D eigenvalue weighted by Gasteiger charge is 2.10. The van der Waals surface area contributed by atoms with E-state index in [1.807, 2.05) is 31.5 Å². The summed E-state index contributed by atoms with van der Waals surface area (Å²) in [4.78, 5) is 23.2. The maximum atomic E-state index is 11.9. The van der Waals surface area contributed by atoms with Crippen molar-refractivity contribution in [2.75, 3.05) is 12.4 Å². The van der Waals surface area contributed by atoms with E-state index < -0.39 is 5.97 Å². The standard InChI is InChI=1S/C16H16N2O3/c1-12-7-9-18(10-8-12)11-15(19)17-14-5-3-13(4-6-14)16(20)21-2/h3-10H,11H2,1-2H3/p+1. The van der Waals surface area contributed by atoms with Gasteiger partial charge in [-0.3, -0.25) is 4.79 Å². The largest absolute Gasteiger partial charge is 0.465 e. The minimum atomic E-state index is -0.400. The lowest BCUT2D eigenvalue weighted by molar-refractivity contribution is -0.684. The van der Waals surface area contributed by atoms with Crippen LogP contribution in [-0.2, 0) is 16.1 Å². The number of hydrogen-bond acceptors (Lipinski definition) is 3. The molecular weight excluding hydrogens is 268 g/mol. The topological polar surface area (TPSA) is 59.3 Å². The number of carbonyl (C=O) groups excluding carboxylic acids is 2. The van der Waals surface area contributed by atoms with Crippen molar-refractivity contribution in [3.05, 3.63) is 59.9 Å². The second kappa shape index (κ2) is 6.65. The molecule has 108 valence electrons. The Balaban J connectivity index is 1.96. The second-order valence-corrected chi connectivity index (χ2v) is 4.66. The molecule has 0 saturated carbocycles. The number of esters is 1. The van der Waals surface area contributed by atoms with Crippen LogP contribution >= 0.6 is 0 Å². The molecule has 0 bridgehead atoms. The number of methoxy groups -OCH3 is 1. The summed E-state index contributed by atoms with van der Waals surface area (Å²) in [6.45, 7) is 2.23. The van der Waals surface area contributed by atoms with Gasteiger partial charge in [0.25, 0.3) is 5.91 Å². The molecule has 0 radical (unpaired) electrons. The van der Waals surface area contributed by atoms with Crippen LogP contribution in [0, 0.1) is 6.92 Å². The maximum Gasteiger partial charge on any atom is 0.337 e. The van der Waals surface area contributed by atoms with Crippen LogP contribution in [0.1, 0.15) is 15.9 Å². The average Bonchev–Trinajstić information content (AvgIpc) is 2.49. The average molecular weight is 285 g/mol. The number of aromatic nitrogens is 1. The first-order valence-electron chi connectivity index (χ1n) is 6.52. The van der Waals surface area contributed by atoms with Crippen LogP contribution < -0.4 is 9.88 Å². The first kappa shape index (κ1) is 14.7. The summed E-state index contributed by atoms with van der Waals surface area (Å²) in [5.41, 5.74) is 2.23. The van der Waals surface area contributed by atoms with Crippen molar-refractivity contribution in [1.82, 2.24) is 0 Å². The molecule has 0 aliphatic carbocycles. The third-order valence-corrected chi connectivity index (χ3v) is 2.97. The van der Waals surface area contributed by atoms with Gasteiger partial charge >= 0.3 is 5.97 Å². The lowest BCUT2D eigenvalue weighted by Crippen LogP contribution is -2.39. The Labute approximate surface area is 123 Å². The molecular formula is C16H17N2O3+. The summed E-state index contributed by atoms with van der Waals surface area (Å²) in [7, 11) is 1.33. The van der Waals surface area contributed by atoms with E-state index in [1.54, 1.807) is 28.8 Å². The highest BCUT2D eigenvalue weighted by Crippen LogP contribution is 2.10. The number of amides is 1. The van der Waals surface area contributed by atoms with Gasteiger partial charge in [0.2, 0.25) is 6.54 Å². The second-order valence-electron chi connectivity index (χ2n) is 4.66. The Morgan fingerprint density at radius 1 is 1.10 bits per heavy atom. The first-order chi connectivity index (χ1) is 10.1. The minimum absolute atomic E-state index is 0.130. The molecule has 1 aromatic heterocycles. The van der Waals surface area contributed by atoms with Crippen LogP contribution in [0.15, 0.2) is 48.8 Å². The molecule has 0 fully saturated rings. The molecule has 0 aliphatic heterocycles. The summed E-state index contributed by atoms with van der Waals surface area (Å²) >= 11 is 0. The number of benzene rings is 1. The van der Waals surface area contributed by atoms with Crippen LogP contribution in [0.2, 0.25) is 0 Å². The van der Waals surface area contributed by atoms with Crippen molar-refractivity contribution < 1.29 is 18.9 Å². The highest BCUT2D eigenvalue weighted by molar-refractivity contribution is 5.92. The van der Waals surface area contributed by atoms with Gasteiger partial charge in [-0.05, 0) is 36.8 Å². The number of carbonyl (C=O) groups is 2. The summed E-state index contributed by atoms with van der Waals surface area (Å²) in [6, 6.07) is 10.5. The molecule has 5 heteroatoms. The van der Waals surface area contributed by atoms with E-state index in [-0.39, 0.29) is 12.5 Å². The maximum absolute atomic E-state index is 11.9. The lowest BCUT2D eigenvalue weighted by atomic mass is 10.2. The molecule has 2 aromatic rings. The van der Waals surface area contributed by atoms with E-state index in [9.17, 15) is 9.59 Å². The molecule has 1 heterocycles. The Hall–Kier alpha value is -2.69. The lowest BCUT2D eigenvalue weighted by Gasteiger charge is -2.04. The van der Waals surface area contributed by atoms with Crippen LogP contribution in [0.4, 0.5) is 5.69 Å². The van der Waals surface area contributed by atoms with Crippen LogP contribution in [0.25, 0.3) is 0 Å². The zero-order valence-electron chi connectivity index (χ0n) is 12.0. The highest BCUT2D eigenvalue weighted by atomic mass is 16.5. The fourth-order valence-electron chi connectivity index (χ4n) is 1.81. The van der Waals surface area contributed by atoms with Crippen LogP contribution in [0.3, 0.4) is 0 Å². The summed E-state index contributed by atoms with van der Waals surface area (Å²) in [6.07, 6.45) is 3.71. The van der Waals surface area contributed by atoms with Gasteiger partial charge in [-0.25, -0.2) is 4.79 Å². The van der Waals surface area contributed by atoms with Crippen molar-refractivity contribution in [2.24, 2.45) is 0 Å². The molecule has 0 saturated heterocycles. The van der Waals surface area contributed by atoms with E-state index in [0.29, 0.717) is 11.3 Å². The van der Waals surface area contributed by atoms with Crippen LogP contribution in [-0.4, -0.2) is 19.0 Å².